The van der Waals surface area contributed by atoms with Gasteiger partial charge in [0.25, 0.3) is 0 Å². The summed E-state index contributed by atoms with van der Waals surface area (Å²) in [4.78, 5) is 27.1. The molecule has 0 fully saturated rings. The Hall–Kier alpha value is -3.26. The van der Waals surface area contributed by atoms with E-state index in [-0.39, 0.29) is 35.7 Å². The van der Waals surface area contributed by atoms with Gasteiger partial charge in [0.05, 0.1) is 30.4 Å². The summed E-state index contributed by atoms with van der Waals surface area (Å²) < 4.78 is 16.9. The number of ketones is 1. The van der Waals surface area contributed by atoms with Crippen LogP contribution in [-0.4, -0.2) is 37.2 Å². The lowest BCUT2D eigenvalue weighted by atomic mass is 9.71. The van der Waals surface area contributed by atoms with Crippen LogP contribution >= 0.6 is 15.9 Å². The fraction of sp³-hybridized carbons (Fsp3) is 0.357. The van der Waals surface area contributed by atoms with E-state index < -0.39 is 11.9 Å². The van der Waals surface area contributed by atoms with Crippen LogP contribution in [0.2, 0.25) is 0 Å². The SMILES string of the molecule is COc1ccccc1C1CC(=O)C2=C(C1)NC(C)=C(C(=O)OC(C)C)C2c1cc(Br)c(O)c(OC)c1. The van der Waals surface area contributed by atoms with Crippen LogP contribution in [-0.2, 0) is 14.3 Å². The highest BCUT2D eigenvalue weighted by molar-refractivity contribution is 9.10. The third-order valence-electron chi connectivity index (χ3n) is 6.57. The van der Waals surface area contributed by atoms with Gasteiger partial charge in [0.1, 0.15) is 5.75 Å². The molecule has 1 heterocycles. The second-order valence-corrected chi connectivity index (χ2v) is 10.1. The molecule has 2 N–H and O–H groups in total. The van der Waals surface area contributed by atoms with Crippen molar-refractivity contribution in [3.8, 4) is 17.2 Å². The van der Waals surface area contributed by atoms with Gasteiger partial charge < -0.3 is 24.6 Å². The number of dihydropyridines is 1. The van der Waals surface area contributed by atoms with E-state index in [0.717, 1.165) is 17.0 Å². The number of esters is 1. The fourth-order valence-electron chi connectivity index (χ4n) is 5.06. The van der Waals surface area contributed by atoms with Crippen molar-refractivity contribution >= 4 is 27.7 Å². The van der Waals surface area contributed by atoms with Crippen LogP contribution in [0.1, 0.15) is 56.6 Å². The molecule has 2 aromatic carbocycles. The number of phenols is 1. The van der Waals surface area contributed by atoms with Crippen LogP contribution in [0.15, 0.2) is 63.4 Å². The average Bonchev–Trinajstić information content (AvgIpc) is 2.84. The number of methoxy groups -OCH3 is 2. The third kappa shape index (κ3) is 4.74. The van der Waals surface area contributed by atoms with E-state index in [9.17, 15) is 14.7 Å². The molecule has 0 aromatic heterocycles. The first kappa shape index (κ1) is 25.8. The molecule has 2 aliphatic rings. The lowest BCUT2D eigenvalue weighted by Crippen LogP contribution is -2.36. The molecule has 0 radical (unpaired) electrons. The maximum Gasteiger partial charge on any atom is 0.337 e. The summed E-state index contributed by atoms with van der Waals surface area (Å²) >= 11 is 3.38. The molecular formula is C28H30BrNO6. The highest BCUT2D eigenvalue weighted by Crippen LogP contribution is 2.49. The molecule has 2 aromatic rings. The lowest BCUT2D eigenvalue weighted by molar-refractivity contribution is -0.143. The maximum atomic E-state index is 13.8. The van der Waals surface area contributed by atoms with Crippen LogP contribution in [0.4, 0.5) is 0 Å². The van der Waals surface area contributed by atoms with E-state index in [4.69, 9.17) is 14.2 Å². The molecule has 2 unspecified atom stereocenters. The standard InChI is InChI=1S/C28H30BrNO6/c1-14(2)36-28(33)24-15(3)30-20-11-16(18-8-6-7-9-22(18)34-4)12-21(31)26(20)25(24)17-10-19(29)27(32)23(13-17)35-5/h6-10,13-14,16,25,30,32H,11-12H2,1-5H3. The quantitative estimate of drug-likeness (QED) is 0.455. The number of allylic oxidation sites excluding steroid dienone is 3. The molecule has 7 nitrogen and oxygen atoms in total. The summed E-state index contributed by atoms with van der Waals surface area (Å²) in [5.74, 6) is -0.369. The number of phenolic OH excluding ortho intramolecular Hbond substituents is 1. The first-order valence-electron chi connectivity index (χ1n) is 11.8. The van der Waals surface area contributed by atoms with Crippen LogP contribution in [0.3, 0.4) is 0 Å². The van der Waals surface area contributed by atoms with Gasteiger partial charge in [-0.3, -0.25) is 4.79 Å². The number of hydrogen-bond acceptors (Lipinski definition) is 7. The lowest BCUT2D eigenvalue weighted by Gasteiger charge is -2.37. The zero-order valence-electron chi connectivity index (χ0n) is 21.0. The first-order chi connectivity index (χ1) is 17.2. The predicted molar refractivity (Wildman–Crippen MR) is 139 cm³/mol. The summed E-state index contributed by atoms with van der Waals surface area (Å²) in [5, 5.41) is 13.7. The van der Waals surface area contributed by atoms with Gasteiger partial charge in [-0.15, -0.1) is 0 Å². The van der Waals surface area contributed by atoms with Gasteiger partial charge in [-0.25, -0.2) is 4.79 Å². The van der Waals surface area contributed by atoms with Crippen molar-refractivity contribution in [2.75, 3.05) is 14.2 Å². The molecule has 2 atom stereocenters. The molecule has 190 valence electrons. The van der Waals surface area contributed by atoms with Crippen LogP contribution < -0.4 is 14.8 Å². The number of halogens is 1. The first-order valence-corrected chi connectivity index (χ1v) is 12.6. The summed E-state index contributed by atoms with van der Waals surface area (Å²) in [6.07, 6.45) is 0.532. The Balaban J connectivity index is 1.86. The van der Waals surface area contributed by atoms with Crippen LogP contribution in [0.5, 0.6) is 17.2 Å². The molecule has 1 aliphatic heterocycles. The highest BCUT2D eigenvalue weighted by atomic mass is 79.9. The Morgan fingerprint density at radius 1 is 1.11 bits per heavy atom. The van der Waals surface area contributed by atoms with E-state index in [2.05, 4.69) is 21.2 Å². The van der Waals surface area contributed by atoms with Crippen LogP contribution in [0, 0.1) is 0 Å². The van der Waals surface area contributed by atoms with Gasteiger partial charge in [0.2, 0.25) is 0 Å². The smallest absolute Gasteiger partial charge is 0.337 e. The Kier molecular flexibility index (Phi) is 7.45. The van der Waals surface area contributed by atoms with Crippen molar-refractivity contribution in [3.05, 3.63) is 74.5 Å². The molecular weight excluding hydrogens is 526 g/mol. The molecule has 36 heavy (non-hydrogen) atoms. The summed E-state index contributed by atoms with van der Waals surface area (Å²) in [6, 6.07) is 11.1. The van der Waals surface area contributed by atoms with Crippen LogP contribution in [0.25, 0.3) is 0 Å². The topological polar surface area (TPSA) is 94.1 Å². The molecule has 4 rings (SSSR count). The van der Waals surface area contributed by atoms with E-state index >= 15 is 0 Å². The average molecular weight is 556 g/mol. The Morgan fingerprint density at radius 3 is 2.47 bits per heavy atom. The minimum absolute atomic E-state index is 0.0531. The monoisotopic (exact) mass is 555 g/mol. The summed E-state index contributed by atoms with van der Waals surface area (Å²) in [6.45, 7) is 5.39. The number of rotatable bonds is 6. The van der Waals surface area contributed by atoms with Gasteiger partial charge in [0.15, 0.2) is 17.3 Å². The van der Waals surface area contributed by atoms with Gasteiger partial charge in [-0.1, -0.05) is 18.2 Å². The number of hydrogen-bond donors (Lipinski definition) is 2. The van der Waals surface area contributed by atoms with E-state index in [0.29, 0.717) is 33.3 Å². The molecule has 8 heteroatoms. The molecule has 1 aliphatic carbocycles. The van der Waals surface area contributed by atoms with Crippen molar-refractivity contribution in [2.24, 2.45) is 0 Å². The number of benzene rings is 2. The molecule has 0 spiro atoms. The number of para-hydroxylation sites is 1. The van der Waals surface area contributed by atoms with Gasteiger partial charge in [-0.05, 0) is 72.4 Å². The van der Waals surface area contributed by atoms with Crippen molar-refractivity contribution in [2.45, 2.75) is 51.6 Å². The van der Waals surface area contributed by atoms with Gasteiger partial charge >= 0.3 is 5.97 Å². The Morgan fingerprint density at radius 2 is 1.81 bits per heavy atom. The second-order valence-electron chi connectivity index (χ2n) is 9.27. The molecule has 0 amide bonds. The molecule has 0 saturated heterocycles. The zero-order chi connectivity index (χ0) is 26.1. The fourth-order valence-corrected chi connectivity index (χ4v) is 5.52. The maximum absolute atomic E-state index is 13.8. The molecule has 0 saturated carbocycles. The number of nitrogens with one attached hydrogen (secondary N) is 1. The van der Waals surface area contributed by atoms with E-state index in [1.807, 2.05) is 31.2 Å². The number of aromatic hydroxyl groups is 1. The van der Waals surface area contributed by atoms with Crippen molar-refractivity contribution in [1.29, 1.82) is 0 Å². The van der Waals surface area contributed by atoms with Gasteiger partial charge in [0, 0.05) is 35.2 Å². The number of ether oxygens (including phenoxy) is 3. The van der Waals surface area contributed by atoms with E-state index in [1.54, 1.807) is 33.1 Å². The summed E-state index contributed by atoms with van der Waals surface area (Å²) in [5.41, 5.74) is 3.91. The summed E-state index contributed by atoms with van der Waals surface area (Å²) in [7, 11) is 3.08. The number of Topliss-reactive ketones (excluding diaryl/α,β-unsaturated/α-hetero) is 1. The largest absolute Gasteiger partial charge is 0.503 e. The van der Waals surface area contributed by atoms with Crippen molar-refractivity contribution in [1.82, 2.24) is 5.32 Å². The van der Waals surface area contributed by atoms with E-state index in [1.165, 1.54) is 7.11 Å². The van der Waals surface area contributed by atoms with Crippen molar-refractivity contribution < 1.29 is 28.9 Å². The van der Waals surface area contributed by atoms with Crippen molar-refractivity contribution in [3.63, 3.8) is 0 Å². The second kappa shape index (κ2) is 10.4. The third-order valence-corrected chi connectivity index (χ3v) is 7.18. The Labute approximate surface area is 219 Å². The highest BCUT2D eigenvalue weighted by Gasteiger charge is 2.42. The zero-order valence-corrected chi connectivity index (χ0v) is 22.6. The minimum Gasteiger partial charge on any atom is -0.503 e. The number of carbonyl (C=O) groups excluding carboxylic acids is 2. The number of carbonyl (C=O) groups is 2. The normalized spacial score (nSPS) is 19.7. The predicted octanol–water partition coefficient (Wildman–Crippen LogP) is 5.49. The minimum atomic E-state index is -0.676. The molecule has 0 bridgehead atoms. The van der Waals surface area contributed by atoms with Gasteiger partial charge in [-0.2, -0.15) is 0 Å². The Bertz CT molecular complexity index is 1280.